The highest BCUT2D eigenvalue weighted by molar-refractivity contribution is 7.92. The zero-order valence-corrected chi connectivity index (χ0v) is 18.3. The third-order valence-corrected chi connectivity index (χ3v) is 6.76. The minimum atomic E-state index is -3.84. The summed E-state index contributed by atoms with van der Waals surface area (Å²) < 4.78 is 28.6. The number of carbonyl (C=O) groups is 1. The number of hydrogen-bond acceptors (Lipinski definition) is 5. The lowest BCUT2D eigenvalue weighted by Gasteiger charge is -2.37. The van der Waals surface area contributed by atoms with Crippen LogP contribution in [0.15, 0.2) is 47.4 Å². The van der Waals surface area contributed by atoms with Gasteiger partial charge < -0.3 is 10.0 Å². The molecule has 1 heterocycles. The molecule has 2 N–H and O–H groups in total. The van der Waals surface area contributed by atoms with E-state index in [-0.39, 0.29) is 10.5 Å². The molecule has 2 aromatic rings. The third kappa shape index (κ3) is 5.12. The number of aromatic carboxylic acids is 1. The van der Waals surface area contributed by atoms with E-state index in [1.165, 1.54) is 12.1 Å². The predicted octanol–water partition coefficient (Wildman–Crippen LogP) is 3.28. The van der Waals surface area contributed by atoms with E-state index < -0.39 is 16.0 Å². The van der Waals surface area contributed by atoms with Crippen molar-refractivity contribution in [3.05, 3.63) is 53.6 Å². The first-order valence-electron chi connectivity index (χ1n) is 10.3. The second kappa shape index (κ2) is 9.49. The molecule has 30 heavy (non-hydrogen) atoms. The molecule has 2 aromatic carbocycles. The summed E-state index contributed by atoms with van der Waals surface area (Å²) in [5.74, 6) is -1.10. The fourth-order valence-corrected chi connectivity index (χ4v) is 4.73. The number of carboxylic acids is 1. The van der Waals surface area contributed by atoms with Crippen LogP contribution in [0.25, 0.3) is 0 Å². The molecular formula is C22H29N3O4S. The Morgan fingerprint density at radius 2 is 1.70 bits per heavy atom. The van der Waals surface area contributed by atoms with Crippen LogP contribution < -0.4 is 9.62 Å². The number of aryl methyl sites for hydroxylation is 1. The van der Waals surface area contributed by atoms with Gasteiger partial charge in [0.05, 0.1) is 21.8 Å². The smallest absolute Gasteiger partial charge is 0.335 e. The molecule has 0 radical (unpaired) electrons. The number of anilines is 2. The highest BCUT2D eigenvalue weighted by atomic mass is 32.2. The lowest BCUT2D eigenvalue weighted by Crippen LogP contribution is -2.46. The third-order valence-electron chi connectivity index (χ3n) is 5.38. The topological polar surface area (TPSA) is 89.9 Å². The summed E-state index contributed by atoms with van der Waals surface area (Å²) in [6.45, 7) is 8.48. The molecule has 7 nitrogen and oxygen atoms in total. The summed E-state index contributed by atoms with van der Waals surface area (Å²) in [6, 6.07) is 11.3. The van der Waals surface area contributed by atoms with E-state index in [2.05, 4.69) is 21.4 Å². The van der Waals surface area contributed by atoms with Gasteiger partial charge in [0.1, 0.15) is 0 Å². The molecule has 0 atom stereocenters. The number of piperazine rings is 1. The van der Waals surface area contributed by atoms with Crippen molar-refractivity contribution in [2.24, 2.45) is 0 Å². The van der Waals surface area contributed by atoms with Gasteiger partial charge in [-0.25, -0.2) is 13.2 Å². The first-order chi connectivity index (χ1) is 14.3. The molecule has 8 heteroatoms. The Morgan fingerprint density at radius 1 is 1.03 bits per heavy atom. The lowest BCUT2D eigenvalue weighted by molar-refractivity contribution is 0.0697. The van der Waals surface area contributed by atoms with Gasteiger partial charge in [0.25, 0.3) is 10.0 Å². The zero-order valence-electron chi connectivity index (χ0n) is 17.5. The van der Waals surface area contributed by atoms with Gasteiger partial charge in [-0.3, -0.25) is 9.62 Å². The van der Waals surface area contributed by atoms with Crippen LogP contribution in [-0.2, 0) is 16.4 Å². The van der Waals surface area contributed by atoms with Crippen LogP contribution in [0, 0.1) is 0 Å². The van der Waals surface area contributed by atoms with Crippen molar-refractivity contribution in [1.82, 2.24) is 4.90 Å². The molecule has 1 fully saturated rings. The van der Waals surface area contributed by atoms with Gasteiger partial charge in [-0.05, 0) is 55.3 Å². The van der Waals surface area contributed by atoms with Gasteiger partial charge in [-0.2, -0.15) is 0 Å². The summed E-state index contributed by atoms with van der Waals surface area (Å²) in [7, 11) is -3.84. The molecule has 0 spiro atoms. The molecule has 3 rings (SSSR count). The normalized spacial score (nSPS) is 15.2. The highest BCUT2D eigenvalue weighted by Gasteiger charge is 2.23. The number of benzene rings is 2. The van der Waals surface area contributed by atoms with Crippen LogP contribution in [0.2, 0.25) is 0 Å². The standard InChI is InChI=1S/C22H29N3O4S/c1-3-11-24-12-14-25(15-13-24)21-10-7-18(22(26)27)16-20(21)23-30(28,29)19-8-5-17(4-2)6-9-19/h5-10,16,23H,3-4,11-15H2,1-2H3,(H,26,27). The minimum absolute atomic E-state index is 0.0439. The van der Waals surface area contributed by atoms with E-state index in [1.54, 1.807) is 30.3 Å². The highest BCUT2D eigenvalue weighted by Crippen LogP contribution is 2.30. The largest absolute Gasteiger partial charge is 0.478 e. The lowest BCUT2D eigenvalue weighted by atomic mass is 10.1. The summed E-state index contributed by atoms with van der Waals surface area (Å²) in [6.07, 6.45) is 1.91. The van der Waals surface area contributed by atoms with Crippen LogP contribution in [0.1, 0.15) is 36.2 Å². The van der Waals surface area contributed by atoms with Crippen molar-refractivity contribution in [2.45, 2.75) is 31.6 Å². The van der Waals surface area contributed by atoms with Crippen molar-refractivity contribution in [3.8, 4) is 0 Å². The summed E-state index contributed by atoms with van der Waals surface area (Å²) in [5.41, 5.74) is 2.08. The van der Waals surface area contributed by atoms with E-state index >= 15 is 0 Å². The number of hydrogen-bond donors (Lipinski definition) is 2. The van der Waals surface area contributed by atoms with Crippen LogP contribution >= 0.6 is 0 Å². The molecule has 0 aromatic heterocycles. The predicted molar refractivity (Wildman–Crippen MR) is 119 cm³/mol. The summed E-state index contributed by atoms with van der Waals surface area (Å²) >= 11 is 0. The monoisotopic (exact) mass is 431 g/mol. The maximum absolute atomic E-state index is 13.0. The molecule has 0 saturated carbocycles. The fourth-order valence-electron chi connectivity index (χ4n) is 3.66. The van der Waals surface area contributed by atoms with Gasteiger partial charge in [0.15, 0.2) is 0 Å². The zero-order chi connectivity index (χ0) is 21.7. The Balaban J connectivity index is 1.89. The van der Waals surface area contributed by atoms with E-state index in [9.17, 15) is 18.3 Å². The van der Waals surface area contributed by atoms with Crippen LogP contribution in [0.3, 0.4) is 0 Å². The van der Waals surface area contributed by atoms with Crippen molar-refractivity contribution >= 4 is 27.4 Å². The van der Waals surface area contributed by atoms with E-state index in [0.717, 1.165) is 51.1 Å². The van der Waals surface area contributed by atoms with Gasteiger partial charge in [-0.15, -0.1) is 0 Å². The maximum Gasteiger partial charge on any atom is 0.335 e. The van der Waals surface area contributed by atoms with Crippen molar-refractivity contribution in [3.63, 3.8) is 0 Å². The van der Waals surface area contributed by atoms with Gasteiger partial charge in [0.2, 0.25) is 0 Å². The number of nitrogens with zero attached hydrogens (tertiary/aromatic N) is 2. The molecular weight excluding hydrogens is 402 g/mol. The minimum Gasteiger partial charge on any atom is -0.478 e. The van der Waals surface area contributed by atoms with Crippen molar-refractivity contribution < 1.29 is 18.3 Å². The van der Waals surface area contributed by atoms with Crippen molar-refractivity contribution in [2.75, 3.05) is 42.3 Å². The maximum atomic E-state index is 13.0. The molecule has 0 bridgehead atoms. The van der Waals surface area contributed by atoms with E-state index in [1.807, 2.05) is 6.92 Å². The second-order valence-electron chi connectivity index (χ2n) is 7.47. The number of sulfonamides is 1. The first-order valence-corrected chi connectivity index (χ1v) is 11.8. The molecule has 1 saturated heterocycles. The Bertz CT molecular complexity index is 982. The Morgan fingerprint density at radius 3 is 2.27 bits per heavy atom. The van der Waals surface area contributed by atoms with E-state index in [0.29, 0.717) is 11.4 Å². The summed E-state index contributed by atoms with van der Waals surface area (Å²) in [5, 5.41) is 9.38. The van der Waals surface area contributed by atoms with Crippen LogP contribution in [-0.4, -0.2) is 57.1 Å². The van der Waals surface area contributed by atoms with Crippen molar-refractivity contribution in [1.29, 1.82) is 0 Å². The van der Waals surface area contributed by atoms with Gasteiger partial charge in [-0.1, -0.05) is 26.0 Å². The van der Waals surface area contributed by atoms with Crippen LogP contribution in [0.4, 0.5) is 11.4 Å². The first kappa shape index (κ1) is 22.1. The quantitative estimate of drug-likeness (QED) is 0.667. The molecule has 0 unspecified atom stereocenters. The average Bonchev–Trinajstić information content (AvgIpc) is 2.74. The van der Waals surface area contributed by atoms with E-state index in [4.69, 9.17) is 0 Å². The number of nitrogens with one attached hydrogen (secondary N) is 1. The molecule has 1 aliphatic heterocycles. The van der Waals surface area contributed by atoms with Gasteiger partial charge in [0, 0.05) is 26.2 Å². The molecule has 1 aliphatic rings. The average molecular weight is 432 g/mol. The molecule has 162 valence electrons. The molecule has 0 aliphatic carbocycles. The van der Waals surface area contributed by atoms with Gasteiger partial charge >= 0.3 is 5.97 Å². The fraction of sp³-hybridized carbons (Fsp3) is 0.409. The molecule has 0 amide bonds. The Labute approximate surface area is 178 Å². The number of rotatable bonds is 8. The SMILES string of the molecule is CCCN1CCN(c2ccc(C(=O)O)cc2NS(=O)(=O)c2ccc(CC)cc2)CC1. The Hall–Kier alpha value is -2.58. The Kier molecular flexibility index (Phi) is 6.99. The van der Waals surface area contributed by atoms with Crippen LogP contribution in [0.5, 0.6) is 0 Å². The summed E-state index contributed by atoms with van der Waals surface area (Å²) in [4.78, 5) is 16.1. The second-order valence-corrected chi connectivity index (χ2v) is 9.15. The number of carboxylic acid groups (broad SMARTS) is 1.